The summed E-state index contributed by atoms with van der Waals surface area (Å²) in [5, 5.41) is 5.01. The largest absolute Gasteiger partial charge is 0.444 e. The van der Waals surface area contributed by atoms with Crippen molar-refractivity contribution in [2.45, 2.75) is 59.1 Å². The minimum absolute atomic E-state index is 0.0371. The quantitative estimate of drug-likeness (QED) is 0.826. The van der Waals surface area contributed by atoms with Crippen molar-refractivity contribution >= 4 is 41.0 Å². The molecule has 1 aromatic rings. The minimum atomic E-state index is -0.562. The highest BCUT2D eigenvalue weighted by atomic mass is 31.0. The van der Waals surface area contributed by atoms with Crippen molar-refractivity contribution < 1.29 is 14.3 Å². The van der Waals surface area contributed by atoms with Crippen LogP contribution in [-0.2, 0) is 16.0 Å². The predicted molar refractivity (Wildman–Crippen MR) is 102 cm³/mol. The Bertz CT molecular complexity index is 594. The Kier molecular flexibility index (Phi) is 7.17. The van der Waals surface area contributed by atoms with Crippen LogP contribution in [0.2, 0.25) is 0 Å². The summed E-state index contributed by atoms with van der Waals surface area (Å²) >= 11 is 0. The lowest BCUT2D eigenvalue weighted by atomic mass is 10.00. The van der Waals surface area contributed by atoms with Gasteiger partial charge in [0.15, 0.2) is 0 Å². The number of ether oxygens (including phenoxy) is 1. The highest BCUT2D eigenvalue weighted by molar-refractivity contribution is 7.28. The average molecular weight is 355 g/mol. The molecular formula is C17H27NO3P2. The van der Waals surface area contributed by atoms with Gasteiger partial charge in [0.1, 0.15) is 11.4 Å². The van der Waals surface area contributed by atoms with Gasteiger partial charge in [0.05, 0.1) is 0 Å². The van der Waals surface area contributed by atoms with Crippen molar-refractivity contribution in [2.75, 3.05) is 0 Å². The Morgan fingerprint density at radius 1 is 1.26 bits per heavy atom. The Balaban J connectivity index is 2.91. The maximum absolute atomic E-state index is 12.0. The Morgan fingerprint density at radius 2 is 1.87 bits per heavy atom. The first-order valence-corrected chi connectivity index (χ1v) is 8.77. The van der Waals surface area contributed by atoms with Crippen molar-refractivity contribution in [1.29, 1.82) is 0 Å². The number of carbonyl (C=O) groups excluding carboxylic acids is 2. The fourth-order valence-electron chi connectivity index (χ4n) is 2.33. The molecule has 4 nitrogen and oxygen atoms in total. The molecule has 0 bridgehead atoms. The molecule has 0 aromatic heterocycles. The molecule has 1 aromatic carbocycles. The van der Waals surface area contributed by atoms with Crippen LogP contribution in [0.4, 0.5) is 4.79 Å². The summed E-state index contributed by atoms with van der Waals surface area (Å²) in [5.74, 6) is 0.0371. The third-order valence-electron chi connectivity index (χ3n) is 3.22. The second kappa shape index (κ2) is 8.22. The van der Waals surface area contributed by atoms with Crippen molar-refractivity contribution in [3.05, 3.63) is 23.3 Å². The monoisotopic (exact) mass is 355 g/mol. The van der Waals surface area contributed by atoms with Crippen molar-refractivity contribution in [3.8, 4) is 0 Å². The Hall–Kier alpha value is -0.980. The summed E-state index contributed by atoms with van der Waals surface area (Å²) in [6, 6.07) is 3.86. The standard InChI is InChI=1S/C17H27NO3P2/c1-10-6-14(22)9-12(15(10)23)8-13(7-11(2)19)18-16(20)21-17(3,4)5/h6,9,13H,7-8,22-23H2,1-5H3,(H,18,20). The smallest absolute Gasteiger partial charge is 0.407 e. The van der Waals surface area contributed by atoms with Crippen LogP contribution in [0.1, 0.15) is 45.2 Å². The van der Waals surface area contributed by atoms with Gasteiger partial charge in [-0.15, -0.1) is 18.5 Å². The van der Waals surface area contributed by atoms with Crippen LogP contribution in [0, 0.1) is 6.92 Å². The zero-order valence-corrected chi connectivity index (χ0v) is 16.8. The topological polar surface area (TPSA) is 55.4 Å². The van der Waals surface area contributed by atoms with Crippen LogP contribution in [0.25, 0.3) is 0 Å². The Morgan fingerprint density at radius 3 is 2.39 bits per heavy atom. The average Bonchev–Trinajstić information content (AvgIpc) is 2.31. The van der Waals surface area contributed by atoms with E-state index < -0.39 is 11.7 Å². The molecule has 0 aliphatic heterocycles. The molecule has 0 spiro atoms. The number of rotatable bonds is 5. The van der Waals surface area contributed by atoms with E-state index >= 15 is 0 Å². The molecule has 0 saturated heterocycles. The van der Waals surface area contributed by atoms with Crippen LogP contribution < -0.4 is 15.9 Å². The van der Waals surface area contributed by atoms with Gasteiger partial charge in [-0.05, 0) is 62.8 Å². The molecule has 0 heterocycles. The van der Waals surface area contributed by atoms with Crippen LogP contribution in [0.3, 0.4) is 0 Å². The normalized spacial score (nSPS) is 12.7. The van der Waals surface area contributed by atoms with Gasteiger partial charge >= 0.3 is 6.09 Å². The van der Waals surface area contributed by atoms with E-state index in [1.54, 1.807) is 0 Å². The fraction of sp³-hybridized carbons (Fsp3) is 0.529. The molecule has 3 unspecified atom stereocenters. The molecule has 3 atom stereocenters. The van der Waals surface area contributed by atoms with E-state index in [2.05, 4.69) is 35.9 Å². The lowest BCUT2D eigenvalue weighted by Gasteiger charge is -2.24. The first kappa shape index (κ1) is 20.1. The molecule has 0 radical (unpaired) electrons. The first-order chi connectivity index (χ1) is 10.5. The first-order valence-electron chi connectivity index (χ1n) is 7.61. The number of hydrogen-bond donors (Lipinski definition) is 1. The maximum atomic E-state index is 12.0. The molecule has 0 aliphatic rings. The molecule has 0 fully saturated rings. The number of alkyl carbamates (subject to hydrolysis) is 1. The number of ketones is 1. The van der Waals surface area contributed by atoms with Crippen LogP contribution in [0.15, 0.2) is 12.1 Å². The number of nitrogens with one attached hydrogen (secondary N) is 1. The highest BCUT2D eigenvalue weighted by Crippen LogP contribution is 2.12. The third kappa shape index (κ3) is 7.42. The van der Waals surface area contributed by atoms with E-state index in [1.807, 2.05) is 27.7 Å². The van der Waals surface area contributed by atoms with Crippen molar-refractivity contribution in [1.82, 2.24) is 5.32 Å². The van der Waals surface area contributed by atoms with E-state index in [4.69, 9.17) is 4.74 Å². The van der Waals surface area contributed by atoms with E-state index in [-0.39, 0.29) is 18.2 Å². The molecule has 128 valence electrons. The number of aryl methyl sites for hydroxylation is 1. The fourth-order valence-corrected chi connectivity index (χ4v) is 3.07. The highest BCUT2D eigenvalue weighted by Gasteiger charge is 2.21. The molecule has 1 rings (SSSR count). The summed E-state index contributed by atoms with van der Waals surface area (Å²) in [6.45, 7) is 9.01. The lowest BCUT2D eigenvalue weighted by Crippen LogP contribution is -2.41. The Labute approximate surface area is 143 Å². The second-order valence-corrected chi connectivity index (χ2v) is 8.11. The van der Waals surface area contributed by atoms with Gasteiger partial charge in [0, 0.05) is 12.5 Å². The zero-order chi connectivity index (χ0) is 17.8. The predicted octanol–water partition coefficient (Wildman–Crippen LogP) is 2.41. The number of Topliss-reactive ketones (excluding diaryl/α,β-unsaturated/α-hetero) is 1. The minimum Gasteiger partial charge on any atom is -0.444 e. The molecule has 0 aliphatic carbocycles. The molecule has 23 heavy (non-hydrogen) atoms. The van der Waals surface area contributed by atoms with Gasteiger partial charge in [-0.25, -0.2) is 4.79 Å². The maximum Gasteiger partial charge on any atom is 0.407 e. The molecule has 6 heteroatoms. The van der Waals surface area contributed by atoms with Gasteiger partial charge in [0.25, 0.3) is 0 Å². The van der Waals surface area contributed by atoms with Gasteiger partial charge in [0.2, 0.25) is 0 Å². The molecule has 0 saturated carbocycles. The third-order valence-corrected chi connectivity index (χ3v) is 4.38. The van der Waals surface area contributed by atoms with E-state index in [0.29, 0.717) is 6.42 Å². The van der Waals surface area contributed by atoms with Gasteiger partial charge in [-0.3, -0.25) is 4.79 Å². The lowest BCUT2D eigenvalue weighted by molar-refractivity contribution is -0.117. The van der Waals surface area contributed by atoms with E-state index in [1.165, 1.54) is 6.92 Å². The van der Waals surface area contributed by atoms with Gasteiger partial charge in [-0.2, -0.15) is 0 Å². The SMILES string of the molecule is CC(=O)CC(Cc1cc(P)cc(C)c1P)NC(=O)OC(C)(C)C. The molecular weight excluding hydrogens is 328 g/mol. The van der Waals surface area contributed by atoms with Crippen molar-refractivity contribution in [2.24, 2.45) is 0 Å². The second-order valence-electron chi connectivity index (χ2n) is 6.86. The molecule has 1 amide bonds. The zero-order valence-electron chi connectivity index (χ0n) is 14.5. The summed E-state index contributed by atoms with van der Waals surface area (Å²) < 4.78 is 5.29. The van der Waals surface area contributed by atoms with Crippen LogP contribution in [0.5, 0.6) is 0 Å². The summed E-state index contributed by atoms with van der Waals surface area (Å²) in [5.41, 5.74) is 1.70. The van der Waals surface area contributed by atoms with Crippen LogP contribution >= 0.6 is 18.5 Å². The number of hydrogen-bond acceptors (Lipinski definition) is 3. The number of benzene rings is 1. The van der Waals surface area contributed by atoms with E-state index in [9.17, 15) is 9.59 Å². The summed E-state index contributed by atoms with van der Waals surface area (Å²) in [7, 11) is 5.43. The number of carbonyl (C=O) groups is 2. The van der Waals surface area contributed by atoms with Crippen LogP contribution in [-0.4, -0.2) is 23.5 Å². The van der Waals surface area contributed by atoms with Gasteiger partial charge in [-0.1, -0.05) is 12.1 Å². The molecule has 1 N–H and O–H groups in total. The summed E-state index contributed by atoms with van der Waals surface area (Å²) in [6.07, 6.45) is 0.373. The van der Waals surface area contributed by atoms with Gasteiger partial charge < -0.3 is 10.1 Å². The van der Waals surface area contributed by atoms with E-state index in [0.717, 1.165) is 21.7 Å². The van der Waals surface area contributed by atoms with Crippen molar-refractivity contribution in [3.63, 3.8) is 0 Å². The summed E-state index contributed by atoms with van der Waals surface area (Å²) in [4.78, 5) is 23.5. The number of amides is 1.